The Morgan fingerprint density at radius 1 is 1.08 bits per heavy atom. The van der Waals surface area contributed by atoms with Crippen LogP contribution in [0.5, 0.6) is 0 Å². The van der Waals surface area contributed by atoms with Crippen molar-refractivity contribution in [3.63, 3.8) is 0 Å². The van der Waals surface area contributed by atoms with Gasteiger partial charge in [-0.25, -0.2) is 8.42 Å². The maximum Gasteiger partial charge on any atom is 0.255 e. The number of rotatable bonds is 6. The van der Waals surface area contributed by atoms with Gasteiger partial charge in [-0.1, -0.05) is 37.1 Å². The SMILES string of the molecule is CCCCc1ccc(C)c(=O)n1C(N)S(=O)(=O)c1ccc(C)cc1. The van der Waals surface area contributed by atoms with E-state index in [9.17, 15) is 13.2 Å². The van der Waals surface area contributed by atoms with E-state index in [-0.39, 0.29) is 10.5 Å². The summed E-state index contributed by atoms with van der Waals surface area (Å²) in [6.45, 7) is 5.58. The van der Waals surface area contributed by atoms with Gasteiger partial charge in [-0.2, -0.15) is 0 Å². The molecule has 0 radical (unpaired) electrons. The molecule has 0 fully saturated rings. The van der Waals surface area contributed by atoms with Crippen molar-refractivity contribution in [2.45, 2.75) is 50.4 Å². The summed E-state index contributed by atoms with van der Waals surface area (Å²) in [6.07, 6.45) is 2.42. The van der Waals surface area contributed by atoms with Gasteiger partial charge in [0.2, 0.25) is 9.84 Å². The van der Waals surface area contributed by atoms with Crippen molar-refractivity contribution in [2.24, 2.45) is 5.73 Å². The number of benzene rings is 1. The van der Waals surface area contributed by atoms with Gasteiger partial charge in [-0.15, -0.1) is 0 Å². The summed E-state index contributed by atoms with van der Waals surface area (Å²) in [5.41, 5.74) is 6.36. The first kappa shape index (κ1) is 18.4. The molecule has 0 aliphatic carbocycles. The van der Waals surface area contributed by atoms with Gasteiger partial charge >= 0.3 is 0 Å². The van der Waals surface area contributed by atoms with Crippen LogP contribution in [-0.4, -0.2) is 13.0 Å². The zero-order chi connectivity index (χ0) is 17.9. The van der Waals surface area contributed by atoms with Gasteiger partial charge in [0.25, 0.3) is 5.56 Å². The first-order chi connectivity index (χ1) is 11.3. The Balaban J connectivity index is 2.55. The predicted octanol–water partition coefficient (Wildman–Crippen LogP) is 2.70. The van der Waals surface area contributed by atoms with Crippen molar-refractivity contribution < 1.29 is 8.42 Å². The van der Waals surface area contributed by atoms with Crippen LogP contribution in [0.2, 0.25) is 0 Å². The molecule has 2 aromatic rings. The van der Waals surface area contributed by atoms with Crippen LogP contribution in [-0.2, 0) is 16.3 Å². The number of hydrogen-bond donors (Lipinski definition) is 1. The van der Waals surface area contributed by atoms with Gasteiger partial charge in [-0.3, -0.25) is 15.1 Å². The Labute approximate surface area is 143 Å². The Morgan fingerprint density at radius 3 is 2.29 bits per heavy atom. The zero-order valence-corrected chi connectivity index (χ0v) is 15.1. The molecule has 2 rings (SSSR count). The summed E-state index contributed by atoms with van der Waals surface area (Å²) in [6, 6.07) is 9.99. The van der Waals surface area contributed by atoms with Crippen molar-refractivity contribution in [2.75, 3.05) is 0 Å². The third-order valence-electron chi connectivity index (χ3n) is 4.10. The summed E-state index contributed by atoms with van der Waals surface area (Å²) in [5, 5.41) is 0. The molecule has 0 aliphatic rings. The molecule has 0 saturated carbocycles. The topological polar surface area (TPSA) is 82.2 Å². The summed E-state index contributed by atoms with van der Waals surface area (Å²) >= 11 is 0. The van der Waals surface area contributed by atoms with Crippen molar-refractivity contribution in [1.82, 2.24) is 4.57 Å². The molecule has 0 aliphatic heterocycles. The average molecular weight is 348 g/mol. The summed E-state index contributed by atoms with van der Waals surface area (Å²) < 4.78 is 26.9. The molecule has 1 atom stereocenters. The number of sulfone groups is 1. The minimum Gasteiger partial charge on any atom is -0.298 e. The highest BCUT2D eigenvalue weighted by Crippen LogP contribution is 2.21. The van der Waals surface area contributed by atoms with E-state index in [1.165, 1.54) is 16.7 Å². The van der Waals surface area contributed by atoms with Crippen molar-refractivity contribution in [1.29, 1.82) is 0 Å². The van der Waals surface area contributed by atoms with E-state index in [1.54, 1.807) is 31.2 Å². The molecule has 0 bridgehead atoms. The molecule has 130 valence electrons. The van der Waals surface area contributed by atoms with E-state index in [0.29, 0.717) is 17.7 Å². The zero-order valence-electron chi connectivity index (χ0n) is 14.3. The quantitative estimate of drug-likeness (QED) is 0.870. The molecule has 6 heteroatoms. The Hall–Kier alpha value is -1.92. The second-order valence-electron chi connectivity index (χ2n) is 6.04. The van der Waals surface area contributed by atoms with E-state index in [0.717, 1.165) is 18.4 Å². The molecule has 0 amide bonds. The summed E-state index contributed by atoms with van der Waals surface area (Å²) in [5.74, 6) is 0. The molecular weight excluding hydrogens is 324 g/mol. The van der Waals surface area contributed by atoms with E-state index < -0.39 is 15.3 Å². The number of aryl methyl sites for hydroxylation is 3. The van der Waals surface area contributed by atoms with Crippen LogP contribution >= 0.6 is 0 Å². The van der Waals surface area contributed by atoms with Crippen LogP contribution in [0.1, 0.15) is 42.1 Å². The number of nitrogens with zero attached hydrogens (tertiary/aromatic N) is 1. The molecule has 1 aromatic carbocycles. The van der Waals surface area contributed by atoms with Crippen LogP contribution in [0.15, 0.2) is 46.1 Å². The third kappa shape index (κ3) is 3.60. The van der Waals surface area contributed by atoms with E-state index in [2.05, 4.69) is 0 Å². The van der Waals surface area contributed by atoms with Gasteiger partial charge in [-0.05, 0) is 44.9 Å². The lowest BCUT2D eigenvalue weighted by Gasteiger charge is -2.20. The highest BCUT2D eigenvalue weighted by molar-refractivity contribution is 7.91. The fourth-order valence-electron chi connectivity index (χ4n) is 2.54. The van der Waals surface area contributed by atoms with Crippen molar-refractivity contribution in [3.05, 3.63) is 63.6 Å². The molecule has 5 nitrogen and oxygen atoms in total. The minimum absolute atomic E-state index is 0.121. The fraction of sp³-hybridized carbons (Fsp3) is 0.389. The highest BCUT2D eigenvalue weighted by atomic mass is 32.2. The largest absolute Gasteiger partial charge is 0.298 e. The van der Waals surface area contributed by atoms with Crippen LogP contribution in [0.25, 0.3) is 0 Å². The van der Waals surface area contributed by atoms with Gasteiger partial charge in [0.15, 0.2) is 5.50 Å². The minimum atomic E-state index is -3.85. The number of pyridine rings is 1. The summed E-state index contributed by atoms with van der Waals surface area (Å²) in [4.78, 5) is 12.7. The van der Waals surface area contributed by atoms with E-state index in [1.807, 2.05) is 13.8 Å². The summed E-state index contributed by atoms with van der Waals surface area (Å²) in [7, 11) is -3.85. The normalized spacial score (nSPS) is 13.0. The average Bonchev–Trinajstić information content (AvgIpc) is 2.55. The first-order valence-electron chi connectivity index (χ1n) is 8.06. The highest BCUT2D eigenvalue weighted by Gasteiger charge is 2.28. The molecule has 1 aromatic heterocycles. The Morgan fingerprint density at radius 2 is 1.71 bits per heavy atom. The lowest BCUT2D eigenvalue weighted by Crippen LogP contribution is -2.38. The molecule has 0 saturated heterocycles. The molecule has 1 unspecified atom stereocenters. The lowest BCUT2D eigenvalue weighted by molar-refractivity contribution is 0.532. The molecular formula is C18H24N2O3S. The monoisotopic (exact) mass is 348 g/mol. The smallest absolute Gasteiger partial charge is 0.255 e. The number of unbranched alkanes of at least 4 members (excludes halogenated alkanes) is 1. The van der Waals surface area contributed by atoms with Crippen LogP contribution < -0.4 is 11.3 Å². The second-order valence-corrected chi connectivity index (χ2v) is 8.08. The van der Waals surface area contributed by atoms with Crippen LogP contribution in [0.4, 0.5) is 0 Å². The number of aromatic nitrogens is 1. The van der Waals surface area contributed by atoms with Gasteiger partial charge in [0.05, 0.1) is 4.90 Å². The van der Waals surface area contributed by atoms with Gasteiger partial charge in [0.1, 0.15) is 0 Å². The van der Waals surface area contributed by atoms with Crippen LogP contribution in [0.3, 0.4) is 0 Å². The first-order valence-corrected chi connectivity index (χ1v) is 9.61. The molecule has 24 heavy (non-hydrogen) atoms. The Bertz CT molecular complexity index is 868. The third-order valence-corrected chi connectivity index (χ3v) is 5.88. The number of nitrogens with two attached hydrogens (primary N) is 1. The molecule has 0 spiro atoms. The second kappa shape index (κ2) is 7.32. The predicted molar refractivity (Wildman–Crippen MR) is 95.6 cm³/mol. The standard InChI is InChI=1S/C18H24N2O3S/c1-4-5-6-15-10-9-14(3)17(21)20(15)18(19)24(22,23)16-11-7-13(2)8-12-16/h7-12,18H,4-6,19H2,1-3H3. The lowest BCUT2D eigenvalue weighted by atomic mass is 10.1. The van der Waals surface area contributed by atoms with Gasteiger partial charge in [0, 0.05) is 11.3 Å². The van der Waals surface area contributed by atoms with Crippen LogP contribution in [0, 0.1) is 13.8 Å². The van der Waals surface area contributed by atoms with Gasteiger partial charge < -0.3 is 0 Å². The Kier molecular flexibility index (Phi) is 5.62. The van der Waals surface area contributed by atoms with Crippen molar-refractivity contribution in [3.8, 4) is 0 Å². The van der Waals surface area contributed by atoms with E-state index in [4.69, 9.17) is 5.73 Å². The molecule has 2 N–H and O–H groups in total. The maximum absolute atomic E-state index is 12.8. The van der Waals surface area contributed by atoms with Crippen molar-refractivity contribution >= 4 is 9.84 Å². The van der Waals surface area contributed by atoms with E-state index >= 15 is 0 Å². The maximum atomic E-state index is 12.8. The molecule has 1 heterocycles. The number of hydrogen-bond acceptors (Lipinski definition) is 4. The fourth-order valence-corrected chi connectivity index (χ4v) is 3.84.